The van der Waals surface area contributed by atoms with Crippen LogP contribution in [0.5, 0.6) is 34.5 Å². The van der Waals surface area contributed by atoms with Gasteiger partial charge in [0.15, 0.2) is 5.69 Å². The molecule has 0 fully saturated rings. The number of anilines is 9. The van der Waals surface area contributed by atoms with Gasteiger partial charge in [-0.25, -0.2) is 4.85 Å². The van der Waals surface area contributed by atoms with Crippen molar-refractivity contribution >= 4 is 126 Å². The van der Waals surface area contributed by atoms with Crippen LogP contribution in [0.2, 0.25) is 0 Å². The second-order valence-corrected chi connectivity index (χ2v) is 19.6. The Kier molecular flexibility index (Phi) is 8.45. The van der Waals surface area contributed by atoms with Crippen LogP contribution in [0, 0.1) is 29.2 Å². The minimum Gasteiger partial charge on any atom is -0.460 e. The van der Waals surface area contributed by atoms with Crippen LogP contribution in [-0.2, 0) is 0 Å². The van der Waals surface area contributed by atoms with Crippen LogP contribution in [0.25, 0.3) is 4.85 Å². The molecule has 16 rings (SSSR count). The topological polar surface area (TPSA) is 89.3 Å². The minimum absolute atomic E-state index is 0.239. The van der Waals surface area contributed by atoms with Crippen LogP contribution < -0.4 is 78.1 Å². The lowest BCUT2D eigenvalue weighted by Gasteiger charge is -2.45. The van der Waals surface area contributed by atoms with Crippen molar-refractivity contribution in [1.82, 2.24) is 0 Å². The molecule has 10 aromatic rings. The van der Waals surface area contributed by atoms with Crippen LogP contribution in [0.4, 0.5) is 56.9 Å². The van der Waals surface area contributed by atoms with Crippen molar-refractivity contribution < 1.29 is 14.2 Å². The number of hydrogen-bond acceptors (Lipinski definition) is 8. The molecule has 6 heterocycles. The molecular weight excluding hydrogens is 921 g/mol. The van der Waals surface area contributed by atoms with Crippen LogP contribution in [0.15, 0.2) is 200 Å². The molecule has 0 saturated heterocycles. The summed E-state index contributed by atoms with van der Waals surface area (Å²) in [6.07, 6.45) is 0. The Bertz CT molecular complexity index is 4310. The third-order valence-electron chi connectivity index (χ3n) is 15.8. The van der Waals surface area contributed by atoms with E-state index in [1.54, 1.807) is 0 Å². The lowest BCUT2D eigenvalue weighted by Crippen LogP contribution is -2.65. The van der Waals surface area contributed by atoms with E-state index in [4.69, 9.17) is 20.8 Å². The van der Waals surface area contributed by atoms with Gasteiger partial charge >= 0.3 is 0 Å². The summed E-state index contributed by atoms with van der Waals surface area (Å²) in [5.74, 6) is 3.85. The van der Waals surface area contributed by atoms with Crippen molar-refractivity contribution in [3.8, 4) is 46.6 Å². The highest BCUT2D eigenvalue weighted by atomic mass is 16.5. The van der Waals surface area contributed by atoms with Crippen molar-refractivity contribution in [3.05, 3.63) is 223 Å². The van der Waals surface area contributed by atoms with Gasteiger partial charge in [-0.1, -0.05) is 103 Å². The summed E-state index contributed by atoms with van der Waals surface area (Å²) in [7, 11) is 0. The Hall–Kier alpha value is -10.3. The molecule has 75 heavy (non-hydrogen) atoms. The van der Waals surface area contributed by atoms with E-state index in [-0.39, 0.29) is 20.1 Å². The molecule has 0 aromatic heterocycles. The summed E-state index contributed by atoms with van der Waals surface area (Å²) in [6.45, 7) is 7.31. The maximum Gasteiger partial charge on any atom is 0.260 e. The molecular formula is C63H33B3N6O3. The molecule has 0 aliphatic carbocycles. The van der Waals surface area contributed by atoms with Crippen LogP contribution in [0.3, 0.4) is 0 Å². The molecule has 10 aromatic carbocycles. The fourth-order valence-corrected chi connectivity index (χ4v) is 12.9. The standard InChI is InChI=1S/C63H33B3N6O3/c1-69-39-29-54-62-60(30-39)73-55-24-14-12-22-44(55)65(62)46-32-48-57(34-51(46)72(54)42-19-9-4-10-20-42)75-59-28-38(36-68)27-58-63(59)66(48)47-31-45-50(33-56(47)74-58)71(41-17-7-3-8-18-41)53-26-37(35-67)25-52-61(53)64(45)43-21-11-13-23-49(43)70(52)40-15-5-2-6-16-40/h2-34H. The predicted molar refractivity (Wildman–Crippen MR) is 300 cm³/mol. The third-order valence-corrected chi connectivity index (χ3v) is 15.8. The molecule has 0 unspecified atom stereocenters. The third kappa shape index (κ3) is 5.72. The zero-order valence-electron chi connectivity index (χ0n) is 39.7. The monoisotopic (exact) mass is 954 g/mol. The first-order valence-corrected chi connectivity index (χ1v) is 24.9. The number of nitriles is 2. The molecule has 0 atom stereocenters. The highest BCUT2D eigenvalue weighted by Crippen LogP contribution is 2.48. The summed E-state index contributed by atoms with van der Waals surface area (Å²) < 4.78 is 20.9. The van der Waals surface area contributed by atoms with E-state index in [2.05, 4.69) is 141 Å². The number of hydrogen-bond donors (Lipinski definition) is 0. The number of nitrogens with zero attached hydrogens (tertiary/aromatic N) is 6. The van der Waals surface area contributed by atoms with E-state index in [1.807, 2.05) is 91.0 Å². The maximum atomic E-state index is 10.8. The number of para-hydroxylation sites is 5. The Morgan fingerprint density at radius 3 is 1.35 bits per heavy atom. The highest BCUT2D eigenvalue weighted by Gasteiger charge is 2.49. The molecule has 342 valence electrons. The van der Waals surface area contributed by atoms with Gasteiger partial charge in [-0.05, 0) is 129 Å². The molecule has 12 heteroatoms. The normalized spacial score (nSPS) is 13.7. The van der Waals surface area contributed by atoms with E-state index in [0.717, 1.165) is 106 Å². The lowest BCUT2D eigenvalue weighted by atomic mass is 9.29. The first kappa shape index (κ1) is 41.3. The van der Waals surface area contributed by atoms with E-state index in [0.29, 0.717) is 45.6 Å². The van der Waals surface area contributed by atoms with Crippen molar-refractivity contribution in [2.24, 2.45) is 0 Å². The Morgan fingerprint density at radius 1 is 0.347 bits per heavy atom. The van der Waals surface area contributed by atoms with Crippen molar-refractivity contribution in [1.29, 1.82) is 10.5 Å². The van der Waals surface area contributed by atoms with Crippen molar-refractivity contribution in [2.75, 3.05) is 14.7 Å². The van der Waals surface area contributed by atoms with Gasteiger partial charge in [-0.2, -0.15) is 10.5 Å². The number of rotatable bonds is 3. The second-order valence-electron chi connectivity index (χ2n) is 19.6. The molecule has 0 N–H and O–H groups in total. The largest absolute Gasteiger partial charge is 0.460 e. The summed E-state index contributed by atoms with van der Waals surface area (Å²) in [6, 6.07) is 73.2. The molecule has 0 amide bonds. The first-order chi connectivity index (χ1) is 37.0. The summed E-state index contributed by atoms with van der Waals surface area (Å²) in [4.78, 5) is 10.7. The summed E-state index contributed by atoms with van der Waals surface area (Å²) >= 11 is 0. The smallest absolute Gasteiger partial charge is 0.260 e. The predicted octanol–water partition coefficient (Wildman–Crippen LogP) is 9.20. The van der Waals surface area contributed by atoms with Crippen LogP contribution >= 0.6 is 0 Å². The summed E-state index contributed by atoms with van der Waals surface area (Å²) in [5.41, 5.74) is 19.1. The molecule has 6 aliphatic rings. The molecule has 0 radical (unpaired) electrons. The summed E-state index contributed by atoms with van der Waals surface area (Å²) in [5, 5.41) is 21.3. The van der Waals surface area contributed by atoms with E-state index >= 15 is 0 Å². The number of benzene rings is 10. The van der Waals surface area contributed by atoms with E-state index in [1.165, 1.54) is 0 Å². The first-order valence-electron chi connectivity index (χ1n) is 24.9. The molecule has 0 spiro atoms. The second kappa shape index (κ2) is 15.3. The fraction of sp³-hybridized carbons (Fsp3) is 0. The fourth-order valence-electron chi connectivity index (χ4n) is 12.9. The minimum atomic E-state index is -0.386. The Morgan fingerprint density at radius 2 is 0.787 bits per heavy atom. The van der Waals surface area contributed by atoms with E-state index in [9.17, 15) is 10.5 Å². The van der Waals surface area contributed by atoms with Gasteiger partial charge in [-0.15, -0.1) is 0 Å². The average Bonchev–Trinajstić information content (AvgIpc) is 3.48. The van der Waals surface area contributed by atoms with Gasteiger partial charge in [0.1, 0.15) is 34.5 Å². The van der Waals surface area contributed by atoms with Gasteiger partial charge in [-0.3, -0.25) is 0 Å². The molecule has 0 bridgehead atoms. The maximum absolute atomic E-state index is 10.8. The van der Waals surface area contributed by atoms with Gasteiger partial charge < -0.3 is 28.9 Å². The highest BCUT2D eigenvalue weighted by molar-refractivity contribution is 7.03. The zero-order valence-corrected chi connectivity index (χ0v) is 39.7. The van der Waals surface area contributed by atoms with Gasteiger partial charge in [0.05, 0.1) is 29.8 Å². The van der Waals surface area contributed by atoms with Crippen molar-refractivity contribution in [2.45, 2.75) is 0 Å². The molecule has 0 saturated carbocycles. The van der Waals surface area contributed by atoms with Gasteiger partial charge in [0.25, 0.3) is 20.1 Å². The molecule has 9 nitrogen and oxygen atoms in total. The van der Waals surface area contributed by atoms with Gasteiger partial charge in [0.2, 0.25) is 0 Å². The van der Waals surface area contributed by atoms with Crippen molar-refractivity contribution in [3.63, 3.8) is 0 Å². The van der Waals surface area contributed by atoms with E-state index < -0.39 is 0 Å². The quantitative estimate of drug-likeness (QED) is 0.128. The number of ether oxygens (including phenoxy) is 3. The SMILES string of the molecule is [C-]#[N+]c1cc2c3c(c1)N(c1ccccc1)c1cc4c(cc1B3c1ccccc1O2)B1c2cc3c(cc2Oc2cc(C#N)cc(c21)O4)N(c1ccccc1)c1cc(C#N)cc2c1B3c1ccccc1N2c1ccccc1. The van der Waals surface area contributed by atoms with Gasteiger partial charge in [0, 0.05) is 68.8 Å². The number of fused-ring (bicyclic) bond motifs is 12. The average molecular weight is 954 g/mol. The zero-order chi connectivity index (χ0) is 49.6. The Balaban J connectivity index is 0.981. The van der Waals surface area contributed by atoms with Crippen LogP contribution in [-0.4, -0.2) is 20.1 Å². The Labute approximate surface area is 432 Å². The molecule has 6 aliphatic heterocycles. The van der Waals surface area contributed by atoms with Crippen LogP contribution in [0.1, 0.15) is 11.1 Å². The lowest BCUT2D eigenvalue weighted by molar-refractivity contribution is 0.464.